The highest BCUT2D eigenvalue weighted by atomic mass is 16.2. The van der Waals surface area contributed by atoms with Crippen molar-refractivity contribution in [1.82, 2.24) is 10.9 Å². The second-order valence-electron chi connectivity index (χ2n) is 7.77. The fourth-order valence-electron chi connectivity index (χ4n) is 2.76. The first-order valence-electron chi connectivity index (χ1n) is 10.5. The number of nitrogens with zero attached hydrogens (tertiary/aromatic N) is 4. The second kappa shape index (κ2) is 12.9. The van der Waals surface area contributed by atoms with E-state index in [4.69, 9.17) is 0 Å². The number of nitrogens with one attached hydrogen (secondary N) is 2. The van der Waals surface area contributed by atoms with E-state index in [1.807, 2.05) is 86.5 Å². The Bertz CT molecular complexity index is 841. The molecule has 0 heterocycles. The van der Waals surface area contributed by atoms with Crippen LogP contribution < -0.4 is 20.7 Å². The quantitative estimate of drug-likeness (QED) is 0.322. The molecule has 2 aromatic rings. The first kappa shape index (κ1) is 24.6. The Morgan fingerprint density at radius 1 is 0.688 bits per heavy atom. The van der Waals surface area contributed by atoms with Gasteiger partial charge >= 0.3 is 0 Å². The number of benzene rings is 2. The van der Waals surface area contributed by atoms with Gasteiger partial charge in [-0.05, 0) is 48.2 Å². The van der Waals surface area contributed by atoms with Crippen molar-refractivity contribution < 1.29 is 9.59 Å². The molecule has 8 heteroatoms. The molecule has 0 unspecified atom stereocenters. The smallest absolute Gasteiger partial charge is 0.240 e. The largest absolute Gasteiger partial charge is 0.378 e. The molecule has 0 spiro atoms. The molecule has 0 atom stereocenters. The SMILES string of the molecule is CN(C)c1ccc(C=NNC(=O)CCCCC(=O)N/N=C\c2ccc(N(C)C)cc2)cc1. The monoisotopic (exact) mass is 436 g/mol. The van der Waals surface area contributed by atoms with E-state index in [1.165, 1.54) is 0 Å². The fraction of sp³-hybridized carbons (Fsp3) is 0.333. The summed E-state index contributed by atoms with van der Waals surface area (Å²) in [6.07, 6.45) is 5.04. The van der Waals surface area contributed by atoms with E-state index in [1.54, 1.807) is 12.4 Å². The molecule has 2 amide bonds. The highest BCUT2D eigenvalue weighted by Crippen LogP contribution is 2.11. The van der Waals surface area contributed by atoms with Crippen molar-refractivity contribution in [3.63, 3.8) is 0 Å². The number of unbranched alkanes of at least 4 members (excludes halogenated alkanes) is 1. The van der Waals surface area contributed by atoms with Gasteiger partial charge in [0.05, 0.1) is 12.4 Å². The number of hydrazone groups is 2. The Morgan fingerprint density at radius 2 is 1.03 bits per heavy atom. The fourth-order valence-corrected chi connectivity index (χ4v) is 2.76. The van der Waals surface area contributed by atoms with Gasteiger partial charge in [0.15, 0.2) is 0 Å². The van der Waals surface area contributed by atoms with E-state index < -0.39 is 0 Å². The van der Waals surface area contributed by atoms with Gasteiger partial charge in [-0.15, -0.1) is 0 Å². The average molecular weight is 437 g/mol. The standard InChI is InChI=1S/C24H32N6O2/c1-29(2)21-13-9-19(10-14-21)17-25-27-23(31)7-5-6-8-24(32)28-26-18-20-11-15-22(16-12-20)30(3)4/h9-18H,5-8H2,1-4H3,(H,27,31)(H,28,32)/b25-17-,26-18?. The summed E-state index contributed by atoms with van der Waals surface area (Å²) < 4.78 is 0. The molecule has 2 aromatic carbocycles. The predicted octanol–water partition coefficient (Wildman–Crippen LogP) is 2.98. The molecule has 170 valence electrons. The van der Waals surface area contributed by atoms with Crippen LogP contribution in [0.15, 0.2) is 58.7 Å². The third-order valence-electron chi connectivity index (χ3n) is 4.68. The molecule has 32 heavy (non-hydrogen) atoms. The van der Waals surface area contributed by atoms with Crippen LogP contribution in [0.3, 0.4) is 0 Å². The number of amides is 2. The zero-order valence-corrected chi connectivity index (χ0v) is 19.2. The molecule has 0 fully saturated rings. The van der Waals surface area contributed by atoms with Crippen LogP contribution in [-0.4, -0.2) is 52.4 Å². The molecule has 8 nitrogen and oxygen atoms in total. The molecule has 0 saturated heterocycles. The van der Waals surface area contributed by atoms with E-state index in [9.17, 15) is 9.59 Å². The summed E-state index contributed by atoms with van der Waals surface area (Å²) >= 11 is 0. The lowest BCUT2D eigenvalue weighted by molar-refractivity contribution is -0.123. The molecule has 2 N–H and O–H groups in total. The molecule has 2 rings (SSSR count). The van der Waals surface area contributed by atoms with Gasteiger partial charge < -0.3 is 9.80 Å². The van der Waals surface area contributed by atoms with Crippen molar-refractivity contribution >= 4 is 35.6 Å². The van der Waals surface area contributed by atoms with Crippen LogP contribution in [0.4, 0.5) is 11.4 Å². The van der Waals surface area contributed by atoms with Crippen molar-refractivity contribution in [2.24, 2.45) is 10.2 Å². The maximum atomic E-state index is 11.9. The number of carbonyl (C=O) groups is 2. The molecule has 0 aromatic heterocycles. The van der Waals surface area contributed by atoms with Gasteiger partial charge in [-0.25, -0.2) is 10.9 Å². The van der Waals surface area contributed by atoms with Crippen LogP contribution in [0.25, 0.3) is 0 Å². The first-order chi connectivity index (χ1) is 15.3. The zero-order chi connectivity index (χ0) is 23.3. The Kier molecular flexibility index (Phi) is 9.90. The summed E-state index contributed by atoms with van der Waals surface area (Å²) in [5.74, 6) is -0.350. The van der Waals surface area contributed by atoms with Crippen molar-refractivity contribution in [3.05, 3.63) is 59.7 Å². The molecule has 0 saturated carbocycles. The van der Waals surface area contributed by atoms with E-state index in [-0.39, 0.29) is 11.8 Å². The van der Waals surface area contributed by atoms with Crippen LogP contribution in [0.2, 0.25) is 0 Å². The molecule has 0 bridgehead atoms. The summed E-state index contributed by atoms with van der Waals surface area (Å²) in [4.78, 5) is 27.7. The summed E-state index contributed by atoms with van der Waals surface area (Å²) in [5.41, 5.74) is 9.03. The maximum Gasteiger partial charge on any atom is 0.240 e. The summed E-state index contributed by atoms with van der Waals surface area (Å²) in [6, 6.07) is 15.7. The van der Waals surface area contributed by atoms with Crippen LogP contribution in [-0.2, 0) is 9.59 Å². The maximum absolute atomic E-state index is 11.9. The van der Waals surface area contributed by atoms with E-state index >= 15 is 0 Å². The first-order valence-corrected chi connectivity index (χ1v) is 10.5. The van der Waals surface area contributed by atoms with Crippen molar-refractivity contribution in [3.8, 4) is 0 Å². The highest BCUT2D eigenvalue weighted by molar-refractivity contribution is 5.83. The lowest BCUT2D eigenvalue weighted by Gasteiger charge is -2.11. The highest BCUT2D eigenvalue weighted by Gasteiger charge is 2.03. The number of anilines is 2. The Balaban J connectivity index is 1.59. The minimum absolute atomic E-state index is 0.175. The molecule has 0 aliphatic carbocycles. The lowest BCUT2D eigenvalue weighted by atomic mass is 10.2. The molecular weight excluding hydrogens is 404 g/mol. The minimum atomic E-state index is -0.175. The Hall–Kier alpha value is -3.68. The summed E-state index contributed by atoms with van der Waals surface area (Å²) in [6.45, 7) is 0. The summed E-state index contributed by atoms with van der Waals surface area (Å²) in [5, 5.41) is 7.95. The number of rotatable bonds is 11. The number of carbonyl (C=O) groups excluding carboxylic acids is 2. The van der Waals surface area contributed by atoms with Crippen molar-refractivity contribution in [1.29, 1.82) is 0 Å². The van der Waals surface area contributed by atoms with Gasteiger partial charge in [0.2, 0.25) is 11.8 Å². The van der Waals surface area contributed by atoms with Gasteiger partial charge in [-0.1, -0.05) is 24.3 Å². The van der Waals surface area contributed by atoms with Crippen LogP contribution in [0.1, 0.15) is 36.8 Å². The van der Waals surface area contributed by atoms with E-state index in [0.717, 1.165) is 22.5 Å². The Labute approximate surface area is 190 Å². The van der Waals surface area contributed by atoms with Gasteiger partial charge in [-0.2, -0.15) is 10.2 Å². The normalized spacial score (nSPS) is 11.0. The minimum Gasteiger partial charge on any atom is -0.378 e. The zero-order valence-electron chi connectivity index (χ0n) is 19.2. The number of hydrogen-bond donors (Lipinski definition) is 2. The molecule has 0 aliphatic heterocycles. The van der Waals surface area contributed by atoms with Crippen LogP contribution in [0.5, 0.6) is 0 Å². The van der Waals surface area contributed by atoms with Crippen molar-refractivity contribution in [2.45, 2.75) is 25.7 Å². The molecule has 0 aliphatic rings. The Morgan fingerprint density at radius 3 is 1.34 bits per heavy atom. The second-order valence-corrected chi connectivity index (χ2v) is 7.77. The third-order valence-corrected chi connectivity index (χ3v) is 4.68. The topological polar surface area (TPSA) is 89.4 Å². The van der Waals surface area contributed by atoms with Gasteiger partial charge in [-0.3, -0.25) is 9.59 Å². The lowest BCUT2D eigenvalue weighted by Crippen LogP contribution is -2.19. The van der Waals surface area contributed by atoms with Gasteiger partial charge in [0, 0.05) is 52.4 Å². The molecule has 0 radical (unpaired) electrons. The predicted molar refractivity (Wildman–Crippen MR) is 131 cm³/mol. The third kappa shape index (κ3) is 8.99. The van der Waals surface area contributed by atoms with Crippen LogP contribution >= 0.6 is 0 Å². The van der Waals surface area contributed by atoms with E-state index in [0.29, 0.717) is 25.7 Å². The average Bonchev–Trinajstić information content (AvgIpc) is 2.77. The van der Waals surface area contributed by atoms with E-state index in [2.05, 4.69) is 21.1 Å². The van der Waals surface area contributed by atoms with Gasteiger partial charge in [0.1, 0.15) is 0 Å². The van der Waals surface area contributed by atoms with Gasteiger partial charge in [0.25, 0.3) is 0 Å². The molecular formula is C24H32N6O2. The van der Waals surface area contributed by atoms with Crippen molar-refractivity contribution in [2.75, 3.05) is 38.0 Å². The summed E-state index contributed by atoms with van der Waals surface area (Å²) in [7, 11) is 7.91. The van der Waals surface area contributed by atoms with Crippen LogP contribution in [0, 0.1) is 0 Å². The number of hydrogen-bond acceptors (Lipinski definition) is 6.